The van der Waals surface area contributed by atoms with Crippen LogP contribution in [-0.4, -0.2) is 29.3 Å². The second kappa shape index (κ2) is 4.18. The van der Waals surface area contributed by atoms with Gasteiger partial charge in [0.05, 0.1) is 6.10 Å². The van der Waals surface area contributed by atoms with Crippen LogP contribution in [0.5, 0.6) is 0 Å². The van der Waals surface area contributed by atoms with E-state index in [1.807, 2.05) is 13.2 Å². The van der Waals surface area contributed by atoms with Gasteiger partial charge in [0.2, 0.25) is 0 Å². The number of hydrogen-bond donors (Lipinski definition) is 2. The minimum absolute atomic E-state index is 0.264. The lowest BCUT2D eigenvalue weighted by Gasteiger charge is -2.12. The molecule has 0 aromatic carbocycles. The molecule has 3 N–H and O–H groups in total. The van der Waals surface area contributed by atoms with Crippen LogP contribution in [0.25, 0.3) is 0 Å². The van der Waals surface area contributed by atoms with Gasteiger partial charge in [-0.2, -0.15) is 11.8 Å². The molecule has 3 heteroatoms. The average Bonchev–Trinajstić information content (AvgIpc) is 1.84. The first kappa shape index (κ1) is 8.27. The van der Waals surface area contributed by atoms with E-state index in [9.17, 15) is 0 Å². The lowest BCUT2D eigenvalue weighted by atomic mass is 10.3. The molecular formula is C5H13NOS. The molecule has 0 aliphatic rings. The van der Waals surface area contributed by atoms with Gasteiger partial charge in [-0.15, -0.1) is 0 Å². The molecule has 50 valence electrons. The minimum Gasteiger partial charge on any atom is -0.391 e. The molecule has 0 bridgehead atoms. The first-order chi connectivity index (χ1) is 3.72. The molecule has 2 unspecified atom stereocenters. The van der Waals surface area contributed by atoms with E-state index in [4.69, 9.17) is 10.8 Å². The number of rotatable bonds is 3. The summed E-state index contributed by atoms with van der Waals surface area (Å²) in [7, 11) is 0. The van der Waals surface area contributed by atoms with Gasteiger partial charge >= 0.3 is 0 Å². The van der Waals surface area contributed by atoms with E-state index in [0.717, 1.165) is 0 Å². The number of aliphatic hydroxyl groups excluding tert-OH is 1. The SMILES string of the molecule is CSC(C)C(O)CN. The highest BCUT2D eigenvalue weighted by atomic mass is 32.2. The van der Waals surface area contributed by atoms with Crippen LogP contribution in [0.15, 0.2) is 0 Å². The van der Waals surface area contributed by atoms with Crippen molar-refractivity contribution >= 4 is 11.8 Å². The van der Waals surface area contributed by atoms with Gasteiger partial charge in [0.25, 0.3) is 0 Å². The topological polar surface area (TPSA) is 46.2 Å². The third-order valence-electron chi connectivity index (χ3n) is 1.16. The van der Waals surface area contributed by atoms with E-state index in [0.29, 0.717) is 6.54 Å². The molecule has 0 radical (unpaired) electrons. The quantitative estimate of drug-likeness (QED) is 0.575. The van der Waals surface area contributed by atoms with Crippen LogP contribution in [-0.2, 0) is 0 Å². The average molecular weight is 135 g/mol. The maximum atomic E-state index is 8.98. The molecule has 0 aromatic rings. The molecule has 0 aromatic heterocycles. The Balaban J connectivity index is 3.29. The van der Waals surface area contributed by atoms with Crippen LogP contribution in [0.2, 0.25) is 0 Å². The molecule has 0 saturated carbocycles. The van der Waals surface area contributed by atoms with E-state index in [-0.39, 0.29) is 11.4 Å². The standard InChI is InChI=1S/C5H13NOS/c1-4(8-2)5(7)3-6/h4-5,7H,3,6H2,1-2H3. The summed E-state index contributed by atoms with van der Waals surface area (Å²) in [5, 5.41) is 9.24. The van der Waals surface area contributed by atoms with Crippen LogP contribution in [0, 0.1) is 0 Å². The van der Waals surface area contributed by atoms with E-state index in [1.165, 1.54) is 0 Å². The monoisotopic (exact) mass is 135 g/mol. The Morgan fingerprint density at radius 3 is 2.38 bits per heavy atom. The van der Waals surface area contributed by atoms with E-state index < -0.39 is 0 Å². The predicted molar refractivity (Wildman–Crippen MR) is 38.0 cm³/mol. The van der Waals surface area contributed by atoms with Crippen LogP contribution >= 0.6 is 11.8 Å². The molecule has 2 atom stereocenters. The van der Waals surface area contributed by atoms with Crippen molar-refractivity contribution in [1.29, 1.82) is 0 Å². The molecule has 8 heavy (non-hydrogen) atoms. The van der Waals surface area contributed by atoms with Crippen LogP contribution in [0.3, 0.4) is 0 Å². The number of hydrogen-bond acceptors (Lipinski definition) is 3. The van der Waals surface area contributed by atoms with Crippen molar-refractivity contribution in [3.05, 3.63) is 0 Å². The predicted octanol–water partition coefficient (Wildman–Crippen LogP) is 0.0575. The zero-order chi connectivity index (χ0) is 6.57. The highest BCUT2D eigenvalue weighted by molar-refractivity contribution is 7.99. The minimum atomic E-state index is -0.343. The molecule has 0 saturated heterocycles. The lowest BCUT2D eigenvalue weighted by molar-refractivity contribution is 0.184. The smallest absolute Gasteiger partial charge is 0.0777 e. The first-order valence-corrected chi connectivity index (χ1v) is 3.92. The van der Waals surface area contributed by atoms with Crippen molar-refractivity contribution in [3.63, 3.8) is 0 Å². The van der Waals surface area contributed by atoms with Crippen molar-refractivity contribution < 1.29 is 5.11 Å². The summed E-state index contributed by atoms with van der Waals surface area (Å²) in [6.45, 7) is 2.32. The van der Waals surface area contributed by atoms with Gasteiger partial charge in [-0.3, -0.25) is 0 Å². The van der Waals surface area contributed by atoms with Gasteiger partial charge in [0.1, 0.15) is 0 Å². The highest BCUT2D eigenvalue weighted by Crippen LogP contribution is 2.08. The Morgan fingerprint density at radius 1 is 1.75 bits per heavy atom. The van der Waals surface area contributed by atoms with Crippen molar-refractivity contribution in [2.75, 3.05) is 12.8 Å². The van der Waals surface area contributed by atoms with Crippen LogP contribution < -0.4 is 5.73 Å². The fourth-order valence-electron chi connectivity index (χ4n) is 0.349. The summed E-state index contributed by atoms with van der Waals surface area (Å²) in [6.07, 6.45) is 1.62. The van der Waals surface area contributed by atoms with Crippen molar-refractivity contribution in [2.24, 2.45) is 5.73 Å². The molecule has 0 fully saturated rings. The summed E-state index contributed by atoms with van der Waals surface area (Å²) in [6, 6.07) is 0. The van der Waals surface area contributed by atoms with Gasteiger partial charge < -0.3 is 10.8 Å². The molecule has 0 spiro atoms. The van der Waals surface area contributed by atoms with Gasteiger partial charge in [0, 0.05) is 11.8 Å². The largest absolute Gasteiger partial charge is 0.391 e. The van der Waals surface area contributed by atoms with Crippen LogP contribution in [0.1, 0.15) is 6.92 Å². The maximum absolute atomic E-state index is 8.98. The normalized spacial score (nSPS) is 18.0. The number of thioether (sulfide) groups is 1. The Kier molecular flexibility index (Phi) is 4.32. The summed E-state index contributed by atoms with van der Waals surface area (Å²) >= 11 is 1.63. The van der Waals surface area contributed by atoms with E-state index in [2.05, 4.69) is 0 Å². The Labute approximate surface area is 54.5 Å². The summed E-state index contributed by atoms with van der Waals surface area (Å²) in [5.74, 6) is 0. The van der Waals surface area contributed by atoms with E-state index in [1.54, 1.807) is 11.8 Å². The molecular weight excluding hydrogens is 122 g/mol. The number of nitrogens with two attached hydrogens (primary N) is 1. The third-order valence-corrected chi connectivity index (χ3v) is 2.21. The summed E-state index contributed by atoms with van der Waals surface area (Å²) in [4.78, 5) is 0. The fraction of sp³-hybridized carbons (Fsp3) is 1.00. The van der Waals surface area contributed by atoms with Gasteiger partial charge in [0.15, 0.2) is 0 Å². The molecule has 0 heterocycles. The van der Waals surface area contributed by atoms with Crippen molar-refractivity contribution in [2.45, 2.75) is 18.3 Å². The van der Waals surface area contributed by atoms with Gasteiger partial charge in [-0.05, 0) is 6.26 Å². The zero-order valence-electron chi connectivity index (χ0n) is 5.29. The van der Waals surface area contributed by atoms with Crippen LogP contribution in [0.4, 0.5) is 0 Å². The molecule has 0 rings (SSSR count). The maximum Gasteiger partial charge on any atom is 0.0777 e. The van der Waals surface area contributed by atoms with Gasteiger partial charge in [-0.25, -0.2) is 0 Å². The highest BCUT2D eigenvalue weighted by Gasteiger charge is 2.08. The first-order valence-electron chi connectivity index (χ1n) is 2.63. The van der Waals surface area contributed by atoms with Gasteiger partial charge in [-0.1, -0.05) is 6.92 Å². The molecule has 0 amide bonds. The Bertz CT molecular complexity index is 52.4. The third kappa shape index (κ3) is 2.55. The zero-order valence-corrected chi connectivity index (χ0v) is 6.11. The summed E-state index contributed by atoms with van der Waals surface area (Å²) < 4.78 is 0. The van der Waals surface area contributed by atoms with Crippen molar-refractivity contribution in [1.82, 2.24) is 0 Å². The number of aliphatic hydroxyl groups is 1. The molecule has 0 aliphatic heterocycles. The fourth-order valence-corrected chi connectivity index (χ4v) is 0.774. The second-order valence-corrected chi connectivity index (χ2v) is 2.96. The molecule has 0 aliphatic carbocycles. The summed E-state index contributed by atoms with van der Waals surface area (Å²) in [5.41, 5.74) is 5.19. The van der Waals surface area contributed by atoms with E-state index >= 15 is 0 Å². The Hall–Kier alpha value is 0.270. The Morgan fingerprint density at radius 2 is 2.25 bits per heavy atom. The second-order valence-electron chi connectivity index (χ2n) is 1.74. The lowest BCUT2D eigenvalue weighted by Crippen LogP contribution is -2.28. The molecule has 2 nitrogen and oxygen atoms in total. The van der Waals surface area contributed by atoms with Crippen molar-refractivity contribution in [3.8, 4) is 0 Å².